The summed E-state index contributed by atoms with van der Waals surface area (Å²) in [5.74, 6) is 0.375. The summed E-state index contributed by atoms with van der Waals surface area (Å²) in [4.78, 5) is 17.8. The number of carbonyl (C=O) groups is 1. The van der Waals surface area contributed by atoms with Gasteiger partial charge in [-0.05, 0) is 29.8 Å². The third kappa shape index (κ3) is 4.80. The van der Waals surface area contributed by atoms with Crippen LogP contribution < -0.4 is 10.1 Å². The summed E-state index contributed by atoms with van der Waals surface area (Å²) in [5.41, 5.74) is 2.07. The van der Waals surface area contributed by atoms with Crippen molar-refractivity contribution in [3.8, 4) is 11.5 Å². The summed E-state index contributed by atoms with van der Waals surface area (Å²) in [6.07, 6.45) is -6.47. The molecule has 3 aromatic rings. The highest BCUT2D eigenvalue weighted by Crippen LogP contribution is 2.44. The Bertz CT molecular complexity index is 1360. The van der Waals surface area contributed by atoms with E-state index in [1.807, 2.05) is 6.07 Å². The van der Waals surface area contributed by atoms with Crippen LogP contribution in [0.4, 0.5) is 19.0 Å². The van der Waals surface area contributed by atoms with Crippen molar-refractivity contribution in [1.82, 2.24) is 15.3 Å². The number of halogens is 5. The Balaban J connectivity index is 1.47. The van der Waals surface area contributed by atoms with Crippen molar-refractivity contribution < 1.29 is 32.6 Å². The van der Waals surface area contributed by atoms with Gasteiger partial charge in [-0.2, -0.15) is 23.3 Å². The molecule has 0 bridgehead atoms. The van der Waals surface area contributed by atoms with Crippen molar-refractivity contribution in [2.75, 3.05) is 18.4 Å². The SMILES string of the molecule is O=C1CN(OC(O)C(F)(F)F)CC2=C1C(c1cccc(Oc3ccc(Cl)c(Cl)c3)c1)c1cn[nH]c1N2. The molecule has 188 valence electrons. The van der Waals surface area contributed by atoms with E-state index in [1.165, 1.54) is 0 Å². The molecular weight excluding hydrogens is 524 g/mol. The molecule has 8 nitrogen and oxygen atoms in total. The van der Waals surface area contributed by atoms with Crippen molar-refractivity contribution in [1.29, 1.82) is 0 Å². The zero-order valence-corrected chi connectivity index (χ0v) is 19.7. The monoisotopic (exact) mass is 540 g/mol. The lowest BCUT2D eigenvalue weighted by Gasteiger charge is -2.36. The number of carbonyl (C=O) groups excluding carboxylic acids is 1. The number of aromatic amines is 1. The Morgan fingerprint density at radius 3 is 2.64 bits per heavy atom. The quantitative estimate of drug-likeness (QED) is 0.391. The number of aliphatic hydroxyl groups is 1. The first-order valence-corrected chi connectivity index (χ1v) is 11.3. The summed E-state index contributed by atoms with van der Waals surface area (Å²) >= 11 is 12.0. The first-order valence-electron chi connectivity index (χ1n) is 10.6. The molecule has 2 unspecified atom stereocenters. The second-order valence-corrected chi connectivity index (χ2v) is 8.94. The van der Waals surface area contributed by atoms with Gasteiger partial charge in [0.1, 0.15) is 17.3 Å². The second-order valence-electron chi connectivity index (χ2n) is 8.12. The number of ketones is 1. The number of benzene rings is 2. The largest absolute Gasteiger partial charge is 0.457 e. The van der Waals surface area contributed by atoms with Gasteiger partial charge >= 0.3 is 6.18 Å². The number of nitrogens with zero attached hydrogens (tertiary/aromatic N) is 2. The molecule has 0 aliphatic carbocycles. The number of H-pyrrole nitrogens is 1. The molecule has 2 aliphatic heterocycles. The van der Waals surface area contributed by atoms with E-state index in [4.69, 9.17) is 27.9 Å². The van der Waals surface area contributed by atoms with E-state index in [2.05, 4.69) is 20.4 Å². The van der Waals surface area contributed by atoms with Crippen LogP contribution in [0.1, 0.15) is 17.0 Å². The summed E-state index contributed by atoms with van der Waals surface area (Å²) in [5, 5.41) is 20.6. The van der Waals surface area contributed by atoms with E-state index in [-0.39, 0.29) is 6.54 Å². The fourth-order valence-corrected chi connectivity index (χ4v) is 4.44. The molecule has 0 fully saturated rings. The smallest absolute Gasteiger partial charge is 0.441 e. The molecule has 3 N–H and O–H groups in total. The van der Waals surface area contributed by atoms with Crippen molar-refractivity contribution in [2.45, 2.75) is 18.4 Å². The van der Waals surface area contributed by atoms with Crippen molar-refractivity contribution in [2.24, 2.45) is 0 Å². The van der Waals surface area contributed by atoms with Gasteiger partial charge in [-0.3, -0.25) is 14.7 Å². The van der Waals surface area contributed by atoms with Gasteiger partial charge in [0.2, 0.25) is 0 Å². The van der Waals surface area contributed by atoms with Crippen LogP contribution in [0.5, 0.6) is 11.5 Å². The Labute approximate surface area is 212 Å². The third-order valence-corrected chi connectivity index (χ3v) is 6.41. The molecule has 0 saturated carbocycles. The number of alkyl halides is 3. The van der Waals surface area contributed by atoms with Crippen LogP contribution in [-0.4, -0.2) is 51.7 Å². The van der Waals surface area contributed by atoms with E-state index in [1.54, 1.807) is 42.6 Å². The first-order chi connectivity index (χ1) is 17.1. The number of hydroxylamine groups is 2. The Hall–Kier alpha value is -3.09. The average Bonchev–Trinajstić information content (AvgIpc) is 3.28. The van der Waals surface area contributed by atoms with Crippen LogP contribution in [-0.2, 0) is 9.63 Å². The molecule has 3 heterocycles. The van der Waals surface area contributed by atoms with Crippen LogP contribution in [0, 0.1) is 0 Å². The topological polar surface area (TPSA) is 99.7 Å². The number of anilines is 1. The van der Waals surface area contributed by atoms with E-state index in [0.29, 0.717) is 49.8 Å². The predicted molar refractivity (Wildman–Crippen MR) is 124 cm³/mol. The predicted octanol–water partition coefficient (Wildman–Crippen LogP) is 5.02. The number of nitrogens with one attached hydrogen (secondary N) is 2. The molecule has 0 amide bonds. The van der Waals surface area contributed by atoms with E-state index >= 15 is 0 Å². The number of aliphatic hydroxyl groups excluding tert-OH is 1. The molecule has 0 radical (unpaired) electrons. The number of hydrogen-bond donors (Lipinski definition) is 3. The van der Waals surface area contributed by atoms with Gasteiger partial charge in [0.15, 0.2) is 5.78 Å². The van der Waals surface area contributed by atoms with Crippen LogP contribution in [0.15, 0.2) is 59.9 Å². The Kier molecular flexibility index (Phi) is 6.43. The van der Waals surface area contributed by atoms with Gasteiger partial charge < -0.3 is 15.2 Å². The molecular formula is C23H17Cl2F3N4O4. The number of rotatable bonds is 5. The normalized spacial score (nSPS) is 18.9. The molecule has 0 saturated heterocycles. The maximum atomic E-state index is 13.2. The maximum absolute atomic E-state index is 13.2. The Morgan fingerprint density at radius 1 is 1.11 bits per heavy atom. The molecule has 1 aromatic heterocycles. The minimum Gasteiger partial charge on any atom is -0.457 e. The molecule has 36 heavy (non-hydrogen) atoms. The van der Waals surface area contributed by atoms with Gasteiger partial charge in [0.25, 0.3) is 6.29 Å². The molecule has 2 aliphatic rings. The van der Waals surface area contributed by atoms with Gasteiger partial charge in [-0.1, -0.05) is 35.3 Å². The maximum Gasteiger partial charge on any atom is 0.441 e. The second kappa shape index (κ2) is 9.41. The fourth-order valence-electron chi connectivity index (χ4n) is 4.15. The van der Waals surface area contributed by atoms with E-state index in [9.17, 15) is 23.1 Å². The highest BCUT2D eigenvalue weighted by molar-refractivity contribution is 6.42. The zero-order chi connectivity index (χ0) is 25.6. The van der Waals surface area contributed by atoms with E-state index < -0.39 is 30.7 Å². The third-order valence-electron chi connectivity index (χ3n) is 5.67. The summed E-state index contributed by atoms with van der Waals surface area (Å²) < 4.78 is 44.2. The van der Waals surface area contributed by atoms with Gasteiger partial charge in [0, 0.05) is 28.8 Å². The van der Waals surface area contributed by atoms with E-state index in [0.717, 1.165) is 5.06 Å². The highest BCUT2D eigenvalue weighted by atomic mass is 35.5. The first kappa shape index (κ1) is 24.6. The fraction of sp³-hybridized carbons (Fsp3) is 0.217. The molecule has 2 atom stereocenters. The lowest BCUT2D eigenvalue weighted by atomic mass is 9.79. The lowest BCUT2D eigenvalue weighted by molar-refractivity contribution is -0.359. The molecule has 2 aromatic carbocycles. The molecule has 5 rings (SSSR count). The number of ether oxygens (including phenoxy) is 1. The summed E-state index contributed by atoms with van der Waals surface area (Å²) in [7, 11) is 0. The van der Waals surface area contributed by atoms with Gasteiger partial charge in [0.05, 0.1) is 29.3 Å². The minimum atomic E-state index is -4.99. The number of hydrogen-bond acceptors (Lipinski definition) is 7. The molecule has 13 heteroatoms. The van der Waals surface area contributed by atoms with Crippen molar-refractivity contribution in [3.05, 3.63) is 81.1 Å². The van der Waals surface area contributed by atoms with Gasteiger partial charge in [-0.25, -0.2) is 0 Å². The van der Waals surface area contributed by atoms with Crippen LogP contribution >= 0.6 is 23.2 Å². The standard InChI is InChI=1S/C23H17Cl2F3N4O4/c24-15-5-4-13(7-16(15)25)35-12-3-1-2-11(6-12)19-14-8-29-31-21(14)30-17-9-32(10-18(33)20(17)19)36-22(34)23(26,27)28/h1-8,19,22,34H,9-10H2,(H2,29,30,31). The Morgan fingerprint density at radius 2 is 1.89 bits per heavy atom. The van der Waals surface area contributed by atoms with Crippen LogP contribution in [0.2, 0.25) is 10.0 Å². The minimum absolute atomic E-state index is 0.192. The number of fused-ring (bicyclic) bond motifs is 1. The van der Waals surface area contributed by atoms with Crippen LogP contribution in [0.3, 0.4) is 0 Å². The average molecular weight is 541 g/mol. The summed E-state index contributed by atoms with van der Waals surface area (Å²) in [6, 6.07) is 11.9. The summed E-state index contributed by atoms with van der Waals surface area (Å²) in [6.45, 7) is -0.667. The van der Waals surface area contributed by atoms with Crippen LogP contribution in [0.25, 0.3) is 0 Å². The van der Waals surface area contributed by atoms with Gasteiger partial charge in [-0.15, -0.1) is 0 Å². The van der Waals surface area contributed by atoms with Crippen molar-refractivity contribution in [3.63, 3.8) is 0 Å². The highest BCUT2D eigenvalue weighted by Gasteiger charge is 2.44. The zero-order valence-electron chi connectivity index (χ0n) is 18.1. The number of Topliss-reactive ketones (excluding diaryl/α,β-unsaturated/α-hetero) is 1. The number of aromatic nitrogens is 2. The molecule has 0 spiro atoms. The lowest BCUT2D eigenvalue weighted by Crippen LogP contribution is -2.46. The van der Waals surface area contributed by atoms with Crippen molar-refractivity contribution >= 4 is 34.8 Å².